The van der Waals surface area contributed by atoms with Crippen LogP contribution >= 0.6 is 0 Å². The molecule has 0 saturated carbocycles. The zero-order valence-electron chi connectivity index (χ0n) is 25.9. The number of nitrogens with two attached hydrogens (primary N) is 4. The molecule has 3 aromatic rings. The van der Waals surface area contributed by atoms with Gasteiger partial charge >= 0.3 is 0 Å². The first kappa shape index (κ1) is 38.7. The van der Waals surface area contributed by atoms with E-state index >= 15 is 0 Å². The van der Waals surface area contributed by atoms with Crippen molar-refractivity contribution in [3.8, 4) is 0 Å². The Labute approximate surface area is 244 Å². The molecule has 3 rings (SSSR count). The summed E-state index contributed by atoms with van der Waals surface area (Å²) in [5.74, 6) is 5.85. The monoisotopic (exact) mass is 549 g/mol. The van der Waals surface area contributed by atoms with Gasteiger partial charge in [-0.3, -0.25) is 4.79 Å². The van der Waals surface area contributed by atoms with E-state index in [1.165, 1.54) is 31.9 Å². The second-order valence-corrected chi connectivity index (χ2v) is 8.78. The summed E-state index contributed by atoms with van der Waals surface area (Å²) in [6, 6.07) is 27.0. The van der Waals surface area contributed by atoms with Crippen LogP contribution in [0.3, 0.4) is 0 Å². The fourth-order valence-corrected chi connectivity index (χ4v) is 3.30. The summed E-state index contributed by atoms with van der Waals surface area (Å²) >= 11 is 0. The summed E-state index contributed by atoms with van der Waals surface area (Å²) in [5.41, 5.74) is 20.5. The van der Waals surface area contributed by atoms with Crippen LogP contribution in [0.2, 0.25) is 0 Å². The maximum Gasteiger partial charge on any atom is 0.265 e. The van der Waals surface area contributed by atoms with Gasteiger partial charge in [-0.2, -0.15) is 0 Å². The average molecular weight is 550 g/mol. The van der Waals surface area contributed by atoms with Gasteiger partial charge in [0.25, 0.3) is 5.91 Å². The number of nitrogens with zero attached hydrogens (tertiary/aromatic N) is 1. The SMILES string of the molecule is C/C(=C/C(=O)N(N)c1ccccc1)C(C)Cc1ccccc1N.CC.CCCCC.CN.NCc1ccccc1. The van der Waals surface area contributed by atoms with E-state index in [-0.39, 0.29) is 11.8 Å². The van der Waals surface area contributed by atoms with E-state index in [0.29, 0.717) is 12.2 Å². The molecular weight excluding hydrogens is 494 g/mol. The Hall–Kier alpha value is -3.45. The number of amides is 1. The molecule has 3 aromatic carbocycles. The number of benzene rings is 3. The number of carbonyl (C=O) groups excluding carboxylic acids is 1. The van der Waals surface area contributed by atoms with Gasteiger partial charge in [0.2, 0.25) is 0 Å². The minimum absolute atomic E-state index is 0.202. The minimum Gasteiger partial charge on any atom is -0.399 e. The number of rotatable bonds is 8. The summed E-state index contributed by atoms with van der Waals surface area (Å²) < 4.78 is 0. The molecular formula is C34H55N5O. The molecule has 8 N–H and O–H groups in total. The van der Waals surface area contributed by atoms with Crippen molar-refractivity contribution in [2.24, 2.45) is 23.2 Å². The number of hydrazine groups is 1. The molecule has 1 unspecified atom stereocenters. The molecule has 1 amide bonds. The fourth-order valence-electron chi connectivity index (χ4n) is 3.30. The van der Waals surface area contributed by atoms with Crippen LogP contribution in [-0.4, -0.2) is 13.0 Å². The Morgan fingerprint density at radius 2 is 1.32 bits per heavy atom. The Balaban J connectivity index is 0. The largest absolute Gasteiger partial charge is 0.399 e. The van der Waals surface area contributed by atoms with Crippen LogP contribution in [0.15, 0.2) is 96.6 Å². The highest BCUT2D eigenvalue weighted by molar-refractivity contribution is 6.00. The predicted octanol–water partition coefficient (Wildman–Crippen LogP) is 7.24. The highest BCUT2D eigenvalue weighted by Crippen LogP contribution is 2.21. The summed E-state index contributed by atoms with van der Waals surface area (Å²) in [4.78, 5) is 12.3. The highest BCUT2D eigenvalue weighted by Gasteiger charge is 2.13. The molecule has 0 saturated heterocycles. The lowest BCUT2D eigenvalue weighted by Gasteiger charge is -2.17. The van der Waals surface area contributed by atoms with E-state index in [1.807, 2.05) is 93.6 Å². The van der Waals surface area contributed by atoms with Gasteiger partial charge in [0, 0.05) is 18.3 Å². The number of carbonyl (C=O) groups is 1. The summed E-state index contributed by atoms with van der Waals surface area (Å²) in [6.45, 7) is 13.1. The molecule has 0 aliphatic heterocycles. The Morgan fingerprint density at radius 1 is 0.850 bits per heavy atom. The highest BCUT2D eigenvalue weighted by atomic mass is 16.2. The van der Waals surface area contributed by atoms with Crippen LogP contribution in [0.4, 0.5) is 11.4 Å². The number of allylic oxidation sites excluding steroid dienone is 1. The first-order valence-corrected chi connectivity index (χ1v) is 14.3. The van der Waals surface area contributed by atoms with Crippen molar-refractivity contribution < 1.29 is 4.79 Å². The molecule has 0 heterocycles. The molecule has 222 valence electrons. The molecule has 0 aliphatic rings. The van der Waals surface area contributed by atoms with Gasteiger partial charge in [-0.1, -0.05) is 126 Å². The maximum atomic E-state index is 12.3. The summed E-state index contributed by atoms with van der Waals surface area (Å²) in [7, 11) is 1.50. The van der Waals surface area contributed by atoms with Crippen molar-refractivity contribution in [2.75, 3.05) is 17.8 Å². The smallest absolute Gasteiger partial charge is 0.265 e. The van der Waals surface area contributed by atoms with Crippen LogP contribution in [0, 0.1) is 5.92 Å². The molecule has 0 aliphatic carbocycles. The van der Waals surface area contributed by atoms with Crippen LogP contribution in [0.5, 0.6) is 0 Å². The van der Waals surface area contributed by atoms with Crippen molar-refractivity contribution in [3.63, 3.8) is 0 Å². The third-order valence-electron chi connectivity index (χ3n) is 5.77. The van der Waals surface area contributed by atoms with Gasteiger partial charge in [0.15, 0.2) is 0 Å². The molecule has 6 nitrogen and oxygen atoms in total. The topological polar surface area (TPSA) is 124 Å². The first-order valence-electron chi connectivity index (χ1n) is 14.3. The van der Waals surface area contributed by atoms with E-state index in [9.17, 15) is 4.79 Å². The fraction of sp³-hybridized carbons (Fsp3) is 0.382. The molecule has 0 bridgehead atoms. The molecule has 6 heteroatoms. The minimum atomic E-state index is -0.235. The standard InChI is InChI=1S/C19H23N3O.C7H9N.C5H12.C2H6.CH5N/c1-14(12-16-8-6-7-11-18(16)20)15(2)13-19(23)22(21)17-9-4-3-5-10-17;8-6-7-4-2-1-3-5-7;1-3-5-4-2;2*1-2/h3-11,13-14H,12,20-21H2,1-2H3;1-5H,6,8H2;3-5H2,1-2H3;1-2H3;2H2,1H3/b15-13-;;;;. The normalized spacial score (nSPS) is 10.5. The molecule has 1 atom stereocenters. The van der Waals surface area contributed by atoms with Crippen LogP contribution < -0.4 is 28.1 Å². The lowest BCUT2D eigenvalue weighted by molar-refractivity contribution is -0.114. The van der Waals surface area contributed by atoms with Crippen molar-refractivity contribution in [1.29, 1.82) is 0 Å². The van der Waals surface area contributed by atoms with Gasteiger partial charge in [-0.05, 0) is 55.6 Å². The van der Waals surface area contributed by atoms with Crippen LogP contribution in [0.1, 0.15) is 71.9 Å². The van der Waals surface area contributed by atoms with E-state index < -0.39 is 0 Å². The predicted molar refractivity (Wildman–Crippen MR) is 177 cm³/mol. The van der Waals surface area contributed by atoms with Crippen molar-refractivity contribution >= 4 is 17.3 Å². The zero-order chi connectivity index (χ0) is 30.8. The number of nitrogen functional groups attached to an aromatic ring is 1. The third-order valence-corrected chi connectivity index (χ3v) is 5.77. The molecule has 0 fully saturated rings. The Kier molecular flexibility index (Phi) is 25.0. The summed E-state index contributed by atoms with van der Waals surface area (Å²) in [6.07, 6.45) is 6.46. The number of para-hydroxylation sites is 2. The van der Waals surface area contributed by atoms with Gasteiger partial charge in [-0.15, -0.1) is 0 Å². The lowest BCUT2D eigenvalue weighted by Crippen LogP contribution is -2.36. The van der Waals surface area contributed by atoms with Gasteiger partial charge in [-0.25, -0.2) is 10.9 Å². The Bertz CT molecular complexity index is 1020. The van der Waals surface area contributed by atoms with Crippen molar-refractivity contribution in [2.45, 2.75) is 73.8 Å². The molecule has 0 spiro atoms. The van der Waals surface area contributed by atoms with E-state index in [4.69, 9.17) is 17.3 Å². The number of hydrogen-bond acceptors (Lipinski definition) is 5. The van der Waals surface area contributed by atoms with Crippen LogP contribution in [0.25, 0.3) is 0 Å². The first-order chi connectivity index (χ1) is 19.3. The second kappa shape index (κ2) is 25.8. The van der Waals surface area contributed by atoms with Crippen molar-refractivity contribution in [1.82, 2.24) is 0 Å². The lowest BCUT2D eigenvalue weighted by atomic mass is 9.93. The maximum absolute atomic E-state index is 12.3. The number of hydrogen-bond donors (Lipinski definition) is 4. The average Bonchev–Trinajstić information content (AvgIpc) is 3.01. The zero-order valence-corrected chi connectivity index (χ0v) is 25.9. The summed E-state index contributed by atoms with van der Waals surface area (Å²) in [5, 5.41) is 1.16. The van der Waals surface area contributed by atoms with Crippen LogP contribution in [-0.2, 0) is 17.8 Å². The number of anilines is 2. The second-order valence-electron chi connectivity index (χ2n) is 8.78. The van der Waals surface area contributed by atoms with Gasteiger partial charge in [0.1, 0.15) is 0 Å². The molecule has 40 heavy (non-hydrogen) atoms. The number of unbranched alkanes of at least 4 members (excludes halogenated alkanes) is 2. The van der Waals surface area contributed by atoms with Gasteiger partial charge in [0.05, 0.1) is 5.69 Å². The van der Waals surface area contributed by atoms with E-state index in [0.717, 1.165) is 28.3 Å². The van der Waals surface area contributed by atoms with E-state index in [1.54, 1.807) is 18.2 Å². The molecule has 0 radical (unpaired) electrons. The quantitative estimate of drug-likeness (QED) is 0.0775. The van der Waals surface area contributed by atoms with Crippen molar-refractivity contribution in [3.05, 3.63) is 108 Å². The Morgan fingerprint density at radius 3 is 1.75 bits per heavy atom. The van der Waals surface area contributed by atoms with E-state index in [2.05, 4.69) is 26.5 Å². The molecule has 0 aromatic heterocycles. The van der Waals surface area contributed by atoms with Gasteiger partial charge < -0.3 is 17.2 Å². The third kappa shape index (κ3) is 17.2.